The number of rotatable bonds is 1. The summed E-state index contributed by atoms with van der Waals surface area (Å²) in [6.45, 7) is 0. The molecule has 68 valence electrons. The quantitative estimate of drug-likeness (QED) is 0.388. The zero-order valence-electron chi connectivity index (χ0n) is 6.69. The van der Waals surface area contributed by atoms with Gasteiger partial charge in [0.1, 0.15) is 4.32 Å². The molecule has 1 fully saturated rings. The molecule has 12 heavy (non-hydrogen) atoms. The lowest BCUT2D eigenvalue weighted by atomic mass is 9.98. The van der Waals surface area contributed by atoms with E-state index in [4.69, 9.17) is 23.2 Å². The summed E-state index contributed by atoms with van der Waals surface area (Å²) in [5.74, 6) is 0. The van der Waals surface area contributed by atoms with Crippen LogP contribution in [0.5, 0.6) is 0 Å². The summed E-state index contributed by atoms with van der Waals surface area (Å²) in [4.78, 5) is 0. The lowest BCUT2D eigenvalue weighted by molar-refractivity contribution is 0.314. The Balaban J connectivity index is 2.53. The van der Waals surface area contributed by atoms with Gasteiger partial charge in [0.25, 0.3) is 0 Å². The van der Waals surface area contributed by atoms with Gasteiger partial charge < -0.3 is 10.9 Å². The lowest BCUT2D eigenvalue weighted by Gasteiger charge is -2.21. The molecule has 0 amide bonds. The summed E-state index contributed by atoms with van der Waals surface area (Å²) in [6, 6.07) is 0. The molecule has 0 saturated heterocycles. The van der Waals surface area contributed by atoms with Gasteiger partial charge in [-0.2, -0.15) is 0 Å². The highest BCUT2D eigenvalue weighted by Gasteiger charge is 2.22. The number of oxime groups is 1. The number of thiocarbonyl (C=S) groups is 1. The van der Waals surface area contributed by atoms with Crippen LogP contribution in [0, 0.1) is 0 Å². The van der Waals surface area contributed by atoms with E-state index in [0.29, 0.717) is 4.32 Å². The Kier molecular flexibility index (Phi) is 3.81. The van der Waals surface area contributed by atoms with Gasteiger partial charge in [-0.25, -0.2) is 0 Å². The number of nitrogens with two attached hydrogens (primary N) is 1. The topological polar surface area (TPSA) is 58.6 Å². The summed E-state index contributed by atoms with van der Waals surface area (Å²) < 4.78 is 0.433. The van der Waals surface area contributed by atoms with Crippen molar-refractivity contribution in [3.8, 4) is 0 Å². The molecule has 0 aliphatic heterocycles. The summed E-state index contributed by atoms with van der Waals surface area (Å²) in [5.41, 5.74) is 6.23. The third kappa shape index (κ3) is 2.64. The fraction of sp³-hybridized carbons (Fsp3) is 0.714. The highest BCUT2D eigenvalue weighted by molar-refractivity contribution is 8.23. The molecule has 0 spiro atoms. The molecule has 0 heterocycles. The number of hydrogen-bond acceptors (Lipinski definition) is 4. The monoisotopic (exact) mass is 204 g/mol. The van der Waals surface area contributed by atoms with Crippen LogP contribution < -0.4 is 5.73 Å². The summed E-state index contributed by atoms with van der Waals surface area (Å²) in [7, 11) is 0. The van der Waals surface area contributed by atoms with Crippen LogP contribution in [0.1, 0.15) is 25.7 Å². The van der Waals surface area contributed by atoms with Gasteiger partial charge in [0.2, 0.25) is 0 Å². The van der Waals surface area contributed by atoms with Crippen LogP contribution in [-0.2, 0) is 0 Å². The van der Waals surface area contributed by atoms with Crippen molar-refractivity contribution in [3.05, 3.63) is 0 Å². The number of thioether (sulfide) groups is 1. The van der Waals surface area contributed by atoms with Crippen molar-refractivity contribution in [3.63, 3.8) is 0 Å². The average molecular weight is 204 g/mol. The van der Waals surface area contributed by atoms with Crippen LogP contribution >= 0.6 is 24.0 Å². The first-order valence-electron chi connectivity index (χ1n) is 3.91. The molecule has 1 aliphatic rings. The molecule has 1 atom stereocenters. The van der Waals surface area contributed by atoms with Crippen LogP contribution in [0.2, 0.25) is 0 Å². The Labute approximate surface area is 81.4 Å². The molecule has 5 heteroatoms. The number of hydrogen-bond donors (Lipinski definition) is 2. The standard InChI is InChI=1S/C7H12N2OS2/c8-7(11)12-6-4-2-1-3-5(6)9-10/h6,10H,1-4H2,(H2,8,11)/b9-5+. The minimum absolute atomic E-state index is 0.209. The van der Waals surface area contributed by atoms with Crippen LogP contribution in [0.15, 0.2) is 5.16 Å². The van der Waals surface area contributed by atoms with E-state index in [1.165, 1.54) is 18.2 Å². The van der Waals surface area contributed by atoms with Gasteiger partial charge in [0, 0.05) is 0 Å². The lowest BCUT2D eigenvalue weighted by Crippen LogP contribution is -2.24. The molecule has 0 bridgehead atoms. The highest BCUT2D eigenvalue weighted by atomic mass is 32.2. The fourth-order valence-electron chi connectivity index (χ4n) is 1.35. The first-order valence-corrected chi connectivity index (χ1v) is 5.19. The second-order valence-electron chi connectivity index (χ2n) is 2.76. The first kappa shape index (κ1) is 9.80. The van der Waals surface area contributed by atoms with Crippen molar-refractivity contribution >= 4 is 34.0 Å². The van der Waals surface area contributed by atoms with Gasteiger partial charge in [-0.3, -0.25) is 0 Å². The Bertz CT molecular complexity index is 206. The van der Waals surface area contributed by atoms with E-state index in [1.807, 2.05) is 0 Å². The smallest absolute Gasteiger partial charge is 0.131 e. The van der Waals surface area contributed by atoms with E-state index < -0.39 is 0 Å². The van der Waals surface area contributed by atoms with Gasteiger partial charge in [-0.05, 0) is 19.3 Å². The maximum Gasteiger partial charge on any atom is 0.131 e. The molecule has 3 N–H and O–H groups in total. The predicted octanol–water partition coefficient (Wildman–Crippen LogP) is 1.74. The summed E-state index contributed by atoms with van der Waals surface area (Å²) in [5, 5.41) is 12.1. The van der Waals surface area contributed by atoms with Crippen molar-refractivity contribution in [1.29, 1.82) is 0 Å². The minimum atomic E-state index is 0.209. The van der Waals surface area contributed by atoms with Crippen molar-refractivity contribution in [2.45, 2.75) is 30.9 Å². The van der Waals surface area contributed by atoms with E-state index in [2.05, 4.69) is 5.16 Å². The van der Waals surface area contributed by atoms with Crippen molar-refractivity contribution in [2.75, 3.05) is 0 Å². The second kappa shape index (κ2) is 4.67. The van der Waals surface area contributed by atoms with E-state index in [0.717, 1.165) is 25.0 Å². The predicted molar refractivity (Wildman–Crippen MR) is 55.9 cm³/mol. The van der Waals surface area contributed by atoms with Gasteiger partial charge in [-0.1, -0.05) is 35.6 Å². The minimum Gasteiger partial charge on any atom is -0.411 e. The van der Waals surface area contributed by atoms with Crippen molar-refractivity contribution < 1.29 is 5.21 Å². The Morgan fingerprint density at radius 1 is 1.67 bits per heavy atom. The van der Waals surface area contributed by atoms with Crippen LogP contribution in [0.4, 0.5) is 0 Å². The SMILES string of the molecule is NC(=S)SC1CCCC/C1=N\O. The maximum atomic E-state index is 8.66. The number of nitrogens with zero attached hydrogens (tertiary/aromatic N) is 1. The molecule has 1 unspecified atom stereocenters. The molecule has 0 aromatic heterocycles. The fourth-order valence-corrected chi connectivity index (χ4v) is 2.56. The van der Waals surface area contributed by atoms with E-state index in [-0.39, 0.29) is 5.25 Å². The van der Waals surface area contributed by atoms with Crippen LogP contribution in [-0.4, -0.2) is 20.5 Å². The molecular formula is C7H12N2OS2. The van der Waals surface area contributed by atoms with Gasteiger partial charge in [-0.15, -0.1) is 0 Å². The van der Waals surface area contributed by atoms with Crippen molar-refractivity contribution in [1.82, 2.24) is 0 Å². The van der Waals surface area contributed by atoms with Crippen LogP contribution in [0.25, 0.3) is 0 Å². The molecule has 1 rings (SSSR count). The van der Waals surface area contributed by atoms with Crippen LogP contribution in [0.3, 0.4) is 0 Å². The molecule has 1 saturated carbocycles. The van der Waals surface area contributed by atoms with E-state index in [9.17, 15) is 0 Å². The first-order chi connectivity index (χ1) is 5.74. The van der Waals surface area contributed by atoms with Gasteiger partial charge in [0.15, 0.2) is 0 Å². The molecule has 0 aromatic rings. The molecule has 0 radical (unpaired) electrons. The van der Waals surface area contributed by atoms with Crippen molar-refractivity contribution in [2.24, 2.45) is 10.9 Å². The van der Waals surface area contributed by atoms with E-state index in [1.54, 1.807) is 0 Å². The third-order valence-electron chi connectivity index (χ3n) is 1.91. The third-order valence-corrected chi connectivity index (χ3v) is 3.22. The molecule has 0 aromatic carbocycles. The maximum absolute atomic E-state index is 8.66. The zero-order chi connectivity index (χ0) is 8.97. The average Bonchev–Trinajstić information content (AvgIpc) is 2.04. The summed E-state index contributed by atoms with van der Waals surface area (Å²) >= 11 is 6.21. The molecule has 3 nitrogen and oxygen atoms in total. The molecular weight excluding hydrogens is 192 g/mol. The highest BCUT2D eigenvalue weighted by Crippen LogP contribution is 2.26. The Hall–Kier alpha value is -0.290. The molecule has 1 aliphatic carbocycles. The van der Waals surface area contributed by atoms with Gasteiger partial charge >= 0.3 is 0 Å². The second-order valence-corrected chi connectivity index (χ2v) is 4.71. The van der Waals surface area contributed by atoms with Gasteiger partial charge in [0.05, 0.1) is 11.0 Å². The summed E-state index contributed by atoms with van der Waals surface area (Å²) in [6.07, 6.45) is 4.16. The van der Waals surface area contributed by atoms with E-state index >= 15 is 0 Å². The Morgan fingerprint density at radius 3 is 3.00 bits per heavy atom. The zero-order valence-corrected chi connectivity index (χ0v) is 8.33. The largest absolute Gasteiger partial charge is 0.411 e. The normalized spacial score (nSPS) is 27.3. The Morgan fingerprint density at radius 2 is 2.42 bits per heavy atom.